The number of nitrogens with zero attached hydrogens (tertiary/aromatic N) is 1. The van der Waals surface area contributed by atoms with Crippen molar-refractivity contribution >= 4 is 11.3 Å². The maximum Gasteiger partial charge on any atom is 0.0962 e. The van der Waals surface area contributed by atoms with Crippen molar-refractivity contribution in [3.05, 3.63) is 51.5 Å². The molecule has 20 heavy (non-hydrogen) atoms. The fourth-order valence-electron chi connectivity index (χ4n) is 3.00. The van der Waals surface area contributed by atoms with E-state index in [4.69, 9.17) is 4.98 Å². The molecule has 0 bridgehead atoms. The highest BCUT2D eigenvalue weighted by atomic mass is 32.1. The summed E-state index contributed by atoms with van der Waals surface area (Å²) < 4.78 is 0. The summed E-state index contributed by atoms with van der Waals surface area (Å²) in [5.41, 5.74) is 3.04. The molecule has 2 atom stereocenters. The van der Waals surface area contributed by atoms with Crippen molar-refractivity contribution < 1.29 is 0 Å². The van der Waals surface area contributed by atoms with E-state index in [9.17, 15) is 0 Å². The molecule has 0 spiro atoms. The second-order valence-electron chi connectivity index (χ2n) is 5.59. The number of fused-ring (bicyclic) bond motifs is 1. The number of aromatic nitrogens is 1. The summed E-state index contributed by atoms with van der Waals surface area (Å²) in [4.78, 5) is 6.06. The molecule has 0 amide bonds. The molecule has 1 heterocycles. The molecule has 2 aromatic rings. The molecule has 2 unspecified atom stereocenters. The molecule has 1 aromatic carbocycles. The van der Waals surface area contributed by atoms with Crippen molar-refractivity contribution in [1.82, 2.24) is 10.3 Å². The van der Waals surface area contributed by atoms with Crippen molar-refractivity contribution in [2.45, 2.75) is 45.1 Å². The lowest BCUT2D eigenvalue weighted by Crippen LogP contribution is -2.16. The first kappa shape index (κ1) is 13.8. The highest BCUT2D eigenvalue weighted by molar-refractivity contribution is 7.11. The smallest absolute Gasteiger partial charge is 0.0962 e. The van der Waals surface area contributed by atoms with E-state index in [1.807, 2.05) is 11.3 Å². The highest BCUT2D eigenvalue weighted by Gasteiger charge is 2.22. The van der Waals surface area contributed by atoms with Gasteiger partial charge in [-0.3, -0.25) is 0 Å². The maximum absolute atomic E-state index is 4.69. The molecule has 3 heteroatoms. The Balaban J connectivity index is 1.75. The van der Waals surface area contributed by atoms with Crippen LogP contribution in [0.15, 0.2) is 30.5 Å². The summed E-state index contributed by atoms with van der Waals surface area (Å²) in [7, 11) is 0. The van der Waals surface area contributed by atoms with Crippen LogP contribution < -0.4 is 5.32 Å². The minimum Gasteiger partial charge on any atom is -0.310 e. The predicted molar refractivity (Wildman–Crippen MR) is 85.4 cm³/mol. The zero-order valence-corrected chi connectivity index (χ0v) is 13.0. The maximum atomic E-state index is 4.69. The number of hydrogen-bond acceptors (Lipinski definition) is 3. The minimum absolute atomic E-state index is 0.419. The average Bonchev–Trinajstić information content (AvgIpc) is 2.97. The van der Waals surface area contributed by atoms with E-state index in [0.717, 1.165) is 13.0 Å². The molecule has 0 saturated carbocycles. The second-order valence-corrected chi connectivity index (χ2v) is 6.68. The van der Waals surface area contributed by atoms with Crippen molar-refractivity contribution in [1.29, 1.82) is 0 Å². The summed E-state index contributed by atoms with van der Waals surface area (Å²) in [5, 5.41) is 4.78. The molecule has 106 valence electrons. The first-order valence-electron chi connectivity index (χ1n) is 7.53. The Morgan fingerprint density at radius 3 is 2.95 bits per heavy atom. The number of nitrogens with one attached hydrogen (secondary N) is 1. The molecule has 1 N–H and O–H groups in total. The van der Waals surface area contributed by atoms with Crippen LogP contribution in [0.5, 0.6) is 0 Å². The van der Waals surface area contributed by atoms with E-state index in [1.54, 1.807) is 0 Å². The van der Waals surface area contributed by atoms with Gasteiger partial charge in [-0.2, -0.15) is 0 Å². The molecule has 0 radical (unpaired) electrons. The number of aryl methyl sites for hydroxylation is 1. The average molecular weight is 286 g/mol. The molecule has 1 aromatic heterocycles. The van der Waals surface area contributed by atoms with Crippen molar-refractivity contribution in [3.63, 3.8) is 0 Å². The van der Waals surface area contributed by atoms with E-state index in [-0.39, 0.29) is 0 Å². The van der Waals surface area contributed by atoms with Gasteiger partial charge in [-0.1, -0.05) is 31.2 Å². The Morgan fingerprint density at radius 2 is 2.15 bits per heavy atom. The van der Waals surface area contributed by atoms with E-state index in [0.29, 0.717) is 12.0 Å². The van der Waals surface area contributed by atoms with Crippen molar-refractivity contribution in [2.24, 2.45) is 0 Å². The quantitative estimate of drug-likeness (QED) is 0.916. The largest absolute Gasteiger partial charge is 0.310 e. The fourth-order valence-corrected chi connectivity index (χ4v) is 4.09. The van der Waals surface area contributed by atoms with Gasteiger partial charge in [0.15, 0.2) is 0 Å². The van der Waals surface area contributed by atoms with Gasteiger partial charge in [0.1, 0.15) is 0 Å². The Bertz CT molecular complexity index is 576. The standard InChI is InChI=1S/C17H22N2S/c1-3-18-12(2)16-11-19-17(20-16)15-9-8-13-6-4-5-7-14(13)10-15/h4-7,11-12,15,18H,3,8-10H2,1-2H3. The highest BCUT2D eigenvalue weighted by Crippen LogP contribution is 2.35. The van der Waals surface area contributed by atoms with Crippen LogP contribution in [-0.4, -0.2) is 11.5 Å². The summed E-state index contributed by atoms with van der Waals surface area (Å²) in [6.45, 7) is 5.37. The Hall–Kier alpha value is -1.19. The van der Waals surface area contributed by atoms with E-state index in [1.165, 1.54) is 33.9 Å². The molecule has 2 nitrogen and oxygen atoms in total. The summed E-state index contributed by atoms with van der Waals surface area (Å²) in [6.07, 6.45) is 5.64. The SMILES string of the molecule is CCNC(C)c1cnc(C2CCc3ccccc3C2)s1. The second kappa shape index (κ2) is 6.06. The van der Waals surface area contributed by atoms with E-state index < -0.39 is 0 Å². The number of benzene rings is 1. The third-order valence-electron chi connectivity index (χ3n) is 4.17. The van der Waals surface area contributed by atoms with Gasteiger partial charge in [0.05, 0.1) is 5.01 Å². The van der Waals surface area contributed by atoms with Crippen molar-refractivity contribution in [3.8, 4) is 0 Å². The van der Waals surface area contributed by atoms with Crippen LogP contribution >= 0.6 is 11.3 Å². The molecule has 1 aliphatic carbocycles. The Morgan fingerprint density at radius 1 is 1.35 bits per heavy atom. The molecular weight excluding hydrogens is 264 g/mol. The van der Waals surface area contributed by atoms with Crippen LogP contribution in [0, 0.1) is 0 Å². The normalized spacial score (nSPS) is 19.6. The van der Waals surface area contributed by atoms with Crippen molar-refractivity contribution in [2.75, 3.05) is 6.54 Å². The van der Waals surface area contributed by atoms with Gasteiger partial charge in [0.2, 0.25) is 0 Å². The third kappa shape index (κ3) is 2.79. The van der Waals surface area contributed by atoms with Gasteiger partial charge in [-0.15, -0.1) is 11.3 Å². The Labute approximate surface area is 125 Å². The number of thiazole rings is 1. The van der Waals surface area contributed by atoms with Crippen LogP contribution in [0.1, 0.15) is 53.2 Å². The van der Waals surface area contributed by atoms with Crippen LogP contribution in [0.25, 0.3) is 0 Å². The molecule has 0 saturated heterocycles. The van der Waals surface area contributed by atoms with Crippen LogP contribution in [0.2, 0.25) is 0 Å². The lowest BCUT2D eigenvalue weighted by atomic mass is 9.84. The predicted octanol–water partition coefficient (Wildman–Crippen LogP) is 4.09. The minimum atomic E-state index is 0.419. The first-order valence-corrected chi connectivity index (χ1v) is 8.35. The summed E-state index contributed by atoms with van der Waals surface area (Å²) >= 11 is 1.89. The summed E-state index contributed by atoms with van der Waals surface area (Å²) in [6, 6.07) is 9.27. The molecule has 0 fully saturated rings. The zero-order valence-electron chi connectivity index (χ0n) is 12.2. The van der Waals surface area contributed by atoms with Gasteiger partial charge in [0.25, 0.3) is 0 Å². The summed E-state index contributed by atoms with van der Waals surface area (Å²) in [5.74, 6) is 0.609. The van der Waals surface area contributed by atoms with Gasteiger partial charge in [-0.05, 0) is 43.9 Å². The van der Waals surface area contributed by atoms with Gasteiger partial charge >= 0.3 is 0 Å². The molecular formula is C17H22N2S. The zero-order chi connectivity index (χ0) is 13.9. The van der Waals surface area contributed by atoms with E-state index in [2.05, 4.69) is 49.6 Å². The van der Waals surface area contributed by atoms with Crippen LogP contribution in [-0.2, 0) is 12.8 Å². The first-order chi connectivity index (χ1) is 9.78. The number of hydrogen-bond donors (Lipinski definition) is 1. The lowest BCUT2D eigenvalue weighted by Gasteiger charge is -2.22. The van der Waals surface area contributed by atoms with Gasteiger partial charge in [-0.25, -0.2) is 4.98 Å². The topological polar surface area (TPSA) is 24.9 Å². The van der Waals surface area contributed by atoms with Crippen LogP contribution in [0.4, 0.5) is 0 Å². The number of rotatable bonds is 4. The third-order valence-corrected chi connectivity index (χ3v) is 5.52. The monoisotopic (exact) mass is 286 g/mol. The fraction of sp³-hybridized carbons (Fsp3) is 0.471. The molecule has 1 aliphatic rings. The lowest BCUT2D eigenvalue weighted by molar-refractivity contribution is 0.582. The van der Waals surface area contributed by atoms with Crippen LogP contribution in [0.3, 0.4) is 0 Å². The molecule has 0 aliphatic heterocycles. The molecule has 3 rings (SSSR count). The van der Waals surface area contributed by atoms with E-state index >= 15 is 0 Å². The van der Waals surface area contributed by atoms with Gasteiger partial charge < -0.3 is 5.32 Å². The van der Waals surface area contributed by atoms with Gasteiger partial charge in [0, 0.05) is 23.0 Å². The Kier molecular flexibility index (Phi) is 4.18.